The number of fused-ring (bicyclic) bond motifs is 1. The van der Waals surface area contributed by atoms with Gasteiger partial charge in [-0.15, -0.1) is 0 Å². The summed E-state index contributed by atoms with van der Waals surface area (Å²) in [5.41, 5.74) is 1.61. The van der Waals surface area contributed by atoms with Gasteiger partial charge in [0, 0.05) is 23.2 Å². The van der Waals surface area contributed by atoms with Crippen molar-refractivity contribution in [3.8, 4) is 0 Å². The molecule has 0 bridgehead atoms. The van der Waals surface area contributed by atoms with Gasteiger partial charge in [-0.3, -0.25) is 14.4 Å². The van der Waals surface area contributed by atoms with Crippen molar-refractivity contribution < 1.29 is 19.1 Å². The summed E-state index contributed by atoms with van der Waals surface area (Å²) in [6.07, 6.45) is 8.54. The number of nitrogens with one attached hydrogen (secondary N) is 1. The highest BCUT2D eigenvalue weighted by Crippen LogP contribution is 2.35. The number of hydrogen-bond acceptors (Lipinski definition) is 4. The van der Waals surface area contributed by atoms with E-state index in [0.29, 0.717) is 43.7 Å². The lowest BCUT2D eigenvalue weighted by atomic mass is 9.84. The Hall–Kier alpha value is -1.99. The summed E-state index contributed by atoms with van der Waals surface area (Å²) in [7, 11) is 1.01. The highest BCUT2D eigenvalue weighted by Gasteiger charge is 2.48. The second-order valence-corrected chi connectivity index (χ2v) is 11.3. The summed E-state index contributed by atoms with van der Waals surface area (Å²) in [5, 5.41) is 3.07. The van der Waals surface area contributed by atoms with E-state index in [2.05, 4.69) is 5.32 Å². The van der Waals surface area contributed by atoms with Crippen LogP contribution in [0.25, 0.3) is 0 Å². The van der Waals surface area contributed by atoms with Crippen LogP contribution < -0.4 is 5.32 Å². The number of amides is 2. The van der Waals surface area contributed by atoms with Gasteiger partial charge >= 0.3 is 0 Å². The molecular formula is C25H36N2O4Si. The molecule has 3 fully saturated rings. The van der Waals surface area contributed by atoms with Crippen LogP contribution in [0, 0.1) is 5.92 Å². The molecule has 174 valence electrons. The van der Waals surface area contributed by atoms with Crippen molar-refractivity contribution in [3.05, 3.63) is 35.9 Å². The van der Waals surface area contributed by atoms with E-state index in [9.17, 15) is 14.4 Å². The zero-order valence-corrected chi connectivity index (χ0v) is 21.1. The van der Waals surface area contributed by atoms with E-state index >= 15 is 0 Å². The average Bonchev–Trinajstić information content (AvgIpc) is 3.41. The number of Topliss-reactive ketones (excluding diaryl/α,β-unsaturated/α-hetero) is 1. The SMILES string of the molecule is O=C(CCc1ccccc1)NC(C[C@H]([SiH3])C1CCCCC1)C(=O)N1CC[C@H]2OCC(=O)[C@H]21. The Morgan fingerprint density at radius 1 is 1.12 bits per heavy atom. The molecule has 1 saturated carbocycles. The predicted molar refractivity (Wildman–Crippen MR) is 126 cm³/mol. The average molecular weight is 457 g/mol. The predicted octanol–water partition coefficient (Wildman–Crippen LogP) is 1.80. The number of ketones is 1. The maximum Gasteiger partial charge on any atom is 0.245 e. The molecule has 4 atom stereocenters. The van der Waals surface area contributed by atoms with Gasteiger partial charge in [-0.1, -0.05) is 62.4 Å². The molecule has 2 amide bonds. The van der Waals surface area contributed by atoms with Crippen molar-refractivity contribution >= 4 is 27.8 Å². The molecule has 3 aliphatic rings. The van der Waals surface area contributed by atoms with Gasteiger partial charge in [0.15, 0.2) is 5.78 Å². The maximum atomic E-state index is 13.6. The molecule has 6 nitrogen and oxygen atoms in total. The number of carbonyl (C=O) groups excluding carboxylic acids is 3. The quantitative estimate of drug-likeness (QED) is 0.605. The minimum atomic E-state index is -0.546. The molecule has 0 aromatic heterocycles. The van der Waals surface area contributed by atoms with E-state index in [4.69, 9.17) is 4.74 Å². The zero-order valence-electron chi connectivity index (χ0n) is 19.1. The fourth-order valence-corrected chi connectivity index (χ4v) is 6.84. The molecule has 32 heavy (non-hydrogen) atoms. The van der Waals surface area contributed by atoms with Crippen LogP contribution in [0.2, 0.25) is 5.54 Å². The van der Waals surface area contributed by atoms with Crippen molar-refractivity contribution in [2.45, 2.75) is 81.5 Å². The molecule has 1 aromatic carbocycles. The summed E-state index contributed by atoms with van der Waals surface area (Å²) in [6, 6.07) is 8.93. The first-order valence-electron chi connectivity index (χ1n) is 12.3. The van der Waals surface area contributed by atoms with Crippen LogP contribution >= 0.6 is 0 Å². The number of benzene rings is 1. The van der Waals surface area contributed by atoms with Gasteiger partial charge in [-0.2, -0.15) is 0 Å². The molecular weight excluding hydrogens is 420 g/mol. The van der Waals surface area contributed by atoms with E-state index in [-0.39, 0.29) is 30.3 Å². The largest absolute Gasteiger partial charge is 0.368 e. The van der Waals surface area contributed by atoms with Crippen molar-refractivity contribution in [2.24, 2.45) is 5.92 Å². The fraction of sp³-hybridized carbons (Fsp3) is 0.640. The summed E-state index contributed by atoms with van der Waals surface area (Å²) >= 11 is 0. The van der Waals surface area contributed by atoms with Crippen LogP contribution in [-0.4, -0.2) is 64.1 Å². The first-order valence-corrected chi connectivity index (χ1v) is 13.5. The normalized spacial score (nSPS) is 25.5. The molecule has 0 spiro atoms. The van der Waals surface area contributed by atoms with E-state index in [0.717, 1.165) is 15.8 Å². The first kappa shape index (κ1) is 23.2. The third-order valence-electron chi connectivity index (χ3n) is 7.57. The first-order chi connectivity index (χ1) is 15.5. The number of ether oxygens (including phenoxy) is 1. The Morgan fingerprint density at radius 2 is 1.88 bits per heavy atom. The fourth-order valence-electron chi connectivity index (χ4n) is 5.70. The number of aryl methyl sites for hydroxylation is 1. The monoisotopic (exact) mass is 456 g/mol. The Labute approximate surface area is 193 Å². The van der Waals surface area contributed by atoms with Crippen LogP contribution in [0.1, 0.15) is 56.9 Å². The summed E-state index contributed by atoms with van der Waals surface area (Å²) in [6.45, 7) is 0.629. The van der Waals surface area contributed by atoms with Crippen molar-refractivity contribution in [3.63, 3.8) is 0 Å². The summed E-state index contributed by atoms with van der Waals surface area (Å²) in [4.78, 5) is 40.5. The van der Waals surface area contributed by atoms with Crippen molar-refractivity contribution in [2.75, 3.05) is 13.2 Å². The van der Waals surface area contributed by atoms with Gasteiger partial charge in [-0.05, 0) is 36.3 Å². The van der Waals surface area contributed by atoms with E-state index in [1.54, 1.807) is 4.90 Å². The van der Waals surface area contributed by atoms with Crippen LogP contribution in [-0.2, 0) is 25.5 Å². The summed E-state index contributed by atoms with van der Waals surface area (Å²) in [5.74, 6) is 0.468. The Morgan fingerprint density at radius 3 is 2.62 bits per heavy atom. The second kappa shape index (κ2) is 10.7. The molecule has 0 radical (unpaired) electrons. The van der Waals surface area contributed by atoms with E-state index in [1.165, 1.54) is 32.1 Å². The standard InChI is InChI=1S/C25H36N2O4Si/c28-20-16-31-21-13-14-27(24(20)21)25(30)19(15-22(32)18-9-5-2-6-10-18)26-23(29)12-11-17-7-3-1-4-8-17/h1,3-4,7-8,18-19,21-22,24H,2,5-6,9-16H2,32H3,(H,26,29)/t19?,21-,22+,24-/m1/s1. The lowest BCUT2D eigenvalue weighted by molar-refractivity contribution is -0.140. The van der Waals surface area contributed by atoms with Gasteiger partial charge in [-0.25, -0.2) is 0 Å². The Balaban J connectivity index is 1.42. The van der Waals surface area contributed by atoms with Crippen molar-refractivity contribution in [1.29, 1.82) is 0 Å². The van der Waals surface area contributed by atoms with Gasteiger partial charge in [0.1, 0.15) is 18.7 Å². The van der Waals surface area contributed by atoms with Crippen LogP contribution in [0.4, 0.5) is 0 Å². The Bertz CT molecular complexity index is 811. The molecule has 2 aliphatic heterocycles. The lowest BCUT2D eigenvalue weighted by Crippen LogP contribution is -2.52. The molecule has 2 heterocycles. The zero-order chi connectivity index (χ0) is 22.5. The Kier molecular flexibility index (Phi) is 7.78. The maximum absolute atomic E-state index is 13.6. The van der Waals surface area contributed by atoms with Crippen LogP contribution in [0.3, 0.4) is 0 Å². The molecule has 1 aromatic rings. The third kappa shape index (κ3) is 5.49. The molecule has 1 N–H and O–H groups in total. The van der Waals surface area contributed by atoms with E-state index in [1.807, 2.05) is 30.3 Å². The third-order valence-corrected chi connectivity index (χ3v) is 8.99. The molecule has 1 unspecified atom stereocenters. The van der Waals surface area contributed by atoms with E-state index < -0.39 is 12.1 Å². The van der Waals surface area contributed by atoms with Crippen LogP contribution in [0.5, 0.6) is 0 Å². The van der Waals surface area contributed by atoms with Crippen LogP contribution in [0.15, 0.2) is 30.3 Å². The number of nitrogens with zero attached hydrogens (tertiary/aromatic N) is 1. The highest BCUT2D eigenvalue weighted by molar-refractivity contribution is 6.12. The molecule has 1 aliphatic carbocycles. The molecule has 4 rings (SSSR count). The minimum absolute atomic E-state index is 0.00953. The highest BCUT2D eigenvalue weighted by atomic mass is 28.1. The van der Waals surface area contributed by atoms with Crippen molar-refractivity contribution in [1.82, 2.24) is 10.2 Å². The van der Waals surface area contributed by atoms with Gasteiger partial charge in [0.25, 0.3) is 0 Å². The van der Waals surface area contributed by atoms with Gasteiger partial charge < -0.3 is 15.0 Å². The van der Waals surface area contributed by atoms with Gasteiger partial charge in [0.2, 0.25) is 11.8 Å². The molecule has 7 heteroatoms. The second-order valence-electron chi connectivity index (χ2n) is 9.80. The lowest BCUT2D eigenvalue weighted by Gasteiger charge is -2.33. The number of rotatable bonds is 8. The van der Waals surface area contributed by atoms with Gasteiger partial charge in [0.05, 0.1) is 6.10 Å². The number of carbonyl (C=O) groups is 3. The number of likely N-dealkylation sites (tertiary alicyclic amines) is 1. The summed E-state index contributed by atoms with van der Waals surface area (Å²) < 4.78 is 5.57. The smallest absolute Gasteiger partial charge is 0.245 e. The number of hydrogen-bond donors (Lipinski definition) is 1. The topological polar surface area (TPSA) is 75.7 Å². The molecule has 2 saturated heterocycles. The minimum Gasteiger partial charge on any atom is -0.368 e.